The van der Waals surface area contributed by atoms with E-state index < -0.39 is 24.3 Å². The second kappa shape index (κ2) is 9.65. The third-order valence-electron chi connectivity index (χ3n) is 4.03. The van der Waals surface area contributed by atoms with Crippen LogP contribution in [0, 0.1) is 11.3 Å². The normalized spacial score (nSPS) is 11.5. The van der Waals surface area contributed by atoms with E-state index in [2.05, 4.69) is 6.58 Å². The van der Waals surface area contributed by atoms with Crippen LogP contribution in [0.5, 0.6) is 11.5 Å². The summed E-state index contributed by atoms with van der Waals surface area (Å²) in [5.41, 5.74) is 0.776. The molecule has 2 aromatic carbocycles. The number of nitriles is 1. The number of ether oxygens (including phenoxy) is 2. The number of carboxylic acids is 1. The molecule has 0 unspecified atom stereocenters. The van der Waals surface area contributed by atoms with Gasteiger partial charge >= 0.3 is 12.1 Å². The molecule has 0 spiro atoms. The van der Waals surface area contributed by atoms with E-state index in [1.807, 2.05) is 6.07 Å². The van der Waals surface area contributed by atoms with Crippen molar-refractivity contribution in [3.8, 4) is 17.6 Å². The average molecular weight is 417 g/mol. The largest absolute Gasteiger partial charge is 0.493 e. The molecule has 1 N–H and O–H groups in total. The minimum absolute atomic E-state index is 0.148. The number of benzene rings is 2. The lowest BCUT2D eigenvalue weighted by molar-refractivity contribution is -0.139. The van der Waals surface area contributed by atoms with Crippen molar-refractivity contribution in [2.45, 2.75) is 12.6 Å². The van der Waals surface area contributed by atoms with Crippen molar-refractivity contribution in [3.05, 3.63) is 71.3 Å². The van der Waals surface area contributed by atoms with E-state index in [9.17, 15) is 23.2 Å². The lowest BCUT2D eigenvalue weighted by Crippen LogP contribution is -2.11. The average Bonchev–Trinajstić information content (AvgIpc) is 2.70. The molecular formula is C22H18F3NO4. The number of allylic oxidation sites excluding steroid dienone is 2. The van der Waals surface area contributed by atoms with Crippen LogP contribution >= 0.6 is 0 Å². The van der Waals surface area contributed by atoms with Gasteiger partial charge in [-0.2, -0.15) is 18.4 Å². The van der Waals surface area contributed by atoms with Gasteiger partial charge in [0.15, 0.2) is 18.1 Å². The third kappa shape index (κ3) is 5.64. The van der Waals surface area contributed by atoms with Crippen LogP contribution in [-0.4, -0.2) is 24.8 Å². The van der Waals surface area contributed by atoms with Crippen molar-refractivity contribution < 1.29 is 32.5 Å². The fourth-order valence-corrected chi connectivity index (χ4v) is 2.71. The van der Waals surface area contributed by atoms with Gasteiger partial charge in [-0.15, -0.1) is 6.58 Å². The Morgan fingerprint density at radius 1 is 1.27 bits per heavy atom. The van der Waals surface area contributed by atoms with Crippen LogP contribution in [0.1, 0.15) is 22.3 Å². The van der Waals surface area contributed by atoms with E-state index in [0.717, 1.165) is 12.1 Å². The highest BCUT2D eigenvalue weighted by Gasteiger charge is 2.30. The van der Waals surface area contributed by atoms with Gasteiger partial charge < -0.3 is 14.6 Å². The van der Waals surface area contributed by atoms with Crippen LogP contribution in [0.2, 0.25) is 0 Å². The Labute approximate surface area is 171 Å². The highest BCUT2D eigenvalue weighted by atomic mass is 19.4. The van der Waals surface area contributed by atoms with Crippen LogP contribution in [0.3, 0.4) is 0 Å². The first kappa shape index (κ1) is 22.6. The number of halogens is 3. The first-order chi connectivity index (χ1) is 14.2. The summed E-state index contributed by atoms with van der Waals surface area (Å²) in [5, 5.41) is 18.3. The van der Waals surface area contributed by atoms with E-state index in [-0.39, 0.29) is 17.1 Å². The van der Waals surface area contributed by atoms with Gasteiger partial charge in [-0.3, -0.25) is 0 Å². The van der Waals surface area contributed by atoms with Gasteiger partial charge in [-0.05, 0) is 47.9 Å². The highest BCUT2D eigenvalue weighted by molar-refractivity contribution is 5.90. The SMILES string of the molecule is C=CCc1cc(/C=C(/C#N)c2ccc(C(F)(F)F)cc2)cc(OC)c1OCC(=O)O. The second-order valence-electron chi connectivity index (χ2n) is 6.13. The molecule has 0 aliphatic carbocycles. The van der Waals surface area contributed by atoms with E-state index in [1.165, 1.54) is 25.3 Å². The van der Waals surface area contributed by atoms with E-state index in [4.69, 9.17) is 14.6 Å². The summed E-state index contributed by atoms with van der Waals surface area (Å²) in [4.78, 5) is 10.8. The summed E-state index contributed by atoms with van der Waals surface area (Å²) < 4.78 is 48.9. The highest BCUT2D eigenvalue weighted by Crippen LogP contribution is 2.35. The molecule has 0 radical (unpaired) electrons. The van der Waals surface area contributed by atoms with Gasteiger partial charge in [0.2, 0.25) is 0 Å². The maximum Gasteiger partial charge on any atom is 0.416 e. The van der Waals surface area contributed by atoms with Gasteiger partial charge in [0.1, 0.15) is 0 Å². The van der Waals surface area contributed by atoms with Crippen LogP contribution in [-0.2, 0) is 17.4 Å². The summed E-state index contributed by atoms with van der Waals surface area (Å²) in [6.45, 7) is 3.09. The molecule has 0 aliphatic heterocycles. The summed E-state index contributed by atoms with van der Waals surface area (Å²) >= 11 is 0. The minimum Gasteiger partial charge on any atom is -0.493 e. The fourth-order valence-electron chi connectivity index (χ4n) is 2.71. The fraction of sp³-hybridized carbons (Fsp3) is 0.182. The minimum atomic E-state index is -4.46. The van der Waals surface area contributed by atoms with Crippen LogP contribution in [0.25, 0.3) is 11.6 Å². The Morgan fingerprint density at radius 3 is 2.43 bits per heavy atom. The lowest BCUT2D eigenvalue weighted by Gasteiger charge is -2.15. The quantitative estimate of drug-likeness (QED) is 0.373. The summed E-state index contributed by atoms with van der Waals surface area (Å²) in [6, 6.07) is 9.47. The molecule has 0 atom stereocenters. The van der Waals surface area contributed by atoms with Crippen molar-refractivity contribution in [3.63, 3.8) is 0 Å². The number of alkyl halides is 3. The van der Waals surface area contributed by atoms with Crippen molar-refractivity contribution >= 4 is 17.6 Å². The molecule has 5 nitrogen and oxygen atoms in total. The number of carbonyl (C=O) groups is 1. The second-order valence-corrected chi connectivity index (χ2v) is 6.13. The van der Waals surface area contributed by atoms with E-state index >= 15 is 0 Å². The number of aliphatic carboxylic acids is 1. The molecule has 0 bridgehead atoms. The maximum absolute atomic E-state index is 12.8. The van der Waals surface area contributed by atoms with Crippen molar-refractivity contribution in [1.82, 2.24) is 0 Å². The number of carboxylic acid groups (broad SMARTS) is 1. The van der Waals surface area contributed by atoms with Crippen molar-refractivity contribution in [1.29, 1.82) is 5.26 Å². The lowest BCUT2D eigenvalue weighted by atomic mass is 10.00. The van der Waals surface area contributed by atoms with E-state index in [0.29, 0.717) is 23.1 Å². The Balaban J connectivity index is 2.49. The molecule has 0 heterocycles. The first-order valence-electron chi connectivity index (χ1n) is 8.65. The molecule has 8 heteroatoms. The molecule has 0 fully saturated rings. The first-order valence-corrected chi connectivity index (χ1v) is 8.65. The summed E-state index contributed by atoms with van der Waals surface area (Å²) in [6.07, 6.45) is -1.03. The molecule has 2 aromatic rings. The zero-order valence-electron chi connectivity index (χ0n) is 16.0. The monoisotopic (exact) mass is 417 g/mol. The molecule has 0 aliphatic rings. The molecule has 2 rings (SSSR count). The van der Waals surface area contributed by atoms with E-state index in [1.54, 1.807) is 18.2 Å². The summed E-state index contributed by atoms with van der Waals surface area (Å²) in [7, 11) is 1.38. The summed E-state index contributed by atoms with van der Waals surface area (Å²) in [5.74, 6) is -0.656. The molecule has 0 saturated heterocycles. The number of methoxy groups -OCH3 is 1. The van der Waals surface area contributed by atoms with Crippen molar-refractivity contribution in [2.24, 2.45) is 0 Å². The topological polar surface area (TPSA) is 79.5 Å². The number of hydrogen-bond acceptors (Lipinski definition) is 4. The zero-order valence-corrected chi connectivity index (χ0v) is 16.0. The molecule has 0 saturated carbocycles. The third-order valence-corrected chi connectivity index (χ3v) is 4.03. The van der Waals surface area contributed by atoms with Gasteiger partial charge in [0, 0.05) is 5.56 Å². The Hall–Kier alpha value is -3.73. The van der Waals surface area contributed by atoms with Crippen molar-refractivity contribution in [2.75, 3.05) is 13.7 Å². The van der Waals surface area contributed by atoms with Gasteiger partial charge in [0.05, 0.1) is 24.3 Å². The molecule has 0 amide bonds. The number of hydrogen-bond donors (Lipinski definition) is 1. The molecule has 0 aromatic heterocycles. The van der Waals surface area contributed by atoms with Crippen LogP contribution in [0.15, 0.2) is 49.1 Å². The van der Waals surface area contributed by atoms with Gasteiger partial charge in [-0.25, -0.2) is 4.79 Å². The zero-order chi connectivity index (χ0) is 22.3. The standard InChI is InChI=1S/C22H18F3NO4/c1-3-4-16-9-14(11-19(29-2)21(16)30-13-20(27)28)10-17(12-26)15-5-7-18(8-6-15)22(23,24)25/h3,5-11H,1,4,13H2,2H3,(H,27,28)/b17-10-. The van der Waals surface area contributed by atoms with Gasteiger partial charge in [0.25, 0.3) is 0 Å². The molecule has 156 valence electrons. The smallest absolute Gasteiger partial charge is 0.416 e. The Morgan fingerprint density at radius 2 is 1.93 bits per heavy atom. The predicted molar refractivity (Wildman–Crippen MR) is 105 cm³/mol. The number of nitrogens with zero attached hydrogens (tertiary/aromatic N) is 1. The van der Waals surface area contributed by atoms with Crippen LogP contribution in [0.4, 0.5) is 13.2 Å². The maximum atomic E-state index is 12.8. The van der Waals surface area contributed by atoms with Crippen LogP contribution < -0.4 is 9.47 Å². The molecule has 30 heavy (non-hydrogen) atoms. The molecular weight excluding hydrogens is 399 g/mol. The Kier molecular flexibility index (Phi) is 7.26. The van der Waals surface area contributed by atoms with Gasteiger partial charge in [-0.1, -0.05) is 18.2 Å². The number of rotatable bonds is 8. The predicted octanol–water partition coefficient (Wildman–Crippen LogP) is 4.97. The Bertz CT molecular complexity index is 1000.